The highest BCUT2D eigenvalue weighted by molar-refractivity contribution is 5.13. The van der Waals surface area contributed by atoms with Crippen LogP contribution in [0.1, 0.15) is 27.2 Å². The van der Waals surface area contributed by atoms with E-state index in [4.69, 9.17) is 0 Å². The van der Waals surface area contributed by atoms with Gasteiger partial charge in [-0.1, -0.05) is 13.0 Å². The van der Waals surface area contributed by atoms with Crippen LogP contribution in [0.2, 0.25) is 0 Å². The zero-order chi connectivity index (χ0) is 10.0. The van der Waals surface area contributed by atoms with Crippen molar-refractivity contribution in [1.82, 2.24) is 15.1 Å². The average Bonchev–Trinajstić information content (AvgIpc) is 2.30. The second-order valence-electron chi connectivity index (χ2n) is 3.32. The van der Waals surface area contributed by atoms with E-state index in [1.807, 2.05) is 0 Å². The Balaban J connectivity index is 2.82. The van der Waals surface area contributed by atoms with E-state index in [9.17, 15) is 0 Å². The van der Waals surface area contributed by atoms with Crippen LogP contribution in [-0.4, -0.2) is 29.2 Å². The minimum atomic E-state index is 1.07. The summed E-state index contributed by atoms with van der Waals surface area (Å²) >= 11 is 0. The highest BCUT2D eigenvalue weighted by Gasteiger charge is 2.24. The van der Waals surface area contributed by atoms with E-state index in [-0.39, 0.29) is 0 Å². The van der Waals surface area contributed by atoms with Gasteiger partial charge >= 0.3 is 0 Å². The molecule has 0 atom stereocenters. The van der Waals surface area contributed by atoms with Gasteiger partial charge in [-0.2, -0.15) is 0 Å². The molecule has 1 heterocycles. The third kappa shape index (κ3) is 1.70. The molecular formula is C10H19N3. The highest BCUT2D eigenvalue weighted by atomic mass is 15.9. The van der Waals surface area contributed by atoms with Crippen LogP contribution < -0.4 is 0 Å². The number of nitrogens with zero attached hydrogens (tertiary/aromatic N) is 3. The quantitative estimate of drug-likeness (QED) is 0.646. The maximum atomic E-state index is 2.16. The lowest BCUT2D eigenvalue weighted by Crippen LogP contribution is -2.37. The summed E-state index contributed by atoms with van der Waals surface area (Å²) in [5.74, 6) is 0. The molecule has 0 fully saturated rings. The Labute approximate surface area is 80.9 Å². The Bertz CT molecular complexity index is 243. The monoisotopic (exact) mass is 181 g/mol. The molecule has 0 spiro atoms. The zero-order valence-corrected chi connectivity index (χ0v) is 9.20. The van der Waals surface area contributed by atoms with Crippen molar-refractivity contribution in [2.45, 2.75) is 27.2 Å². The van der Waals surface area contributed by atoms with Crippen LogP contribution in [0.5, 0.6) is 0 Å². The molecule has 0 saturated heterocycles. The van der Waals surface area contributed by atoms with Crippen molar-refractivity contribution in [2.75, 3.05) is 14.1 Å². The van der Waals surface area contributed by atoms with E-state index in [1.54, 1.807) is 0 Å². The predicted molar refractivity (Wildman–Crippen MR) is 55.2 cm³/mol. The fraction of sp³-hybridized carbons (Fsp3) is 0.600. The minimum absolute atomic E-state index is 1.07. The first kappa shape index (κ1) is 10.1. The average molecular weight is 181 g/mol. The van der Waals surface area contributed by atoms with Gasteiger partial charge in [-0.05, 0) is 20.3 Å². The molecular weight excluding hydrogens is 162 g/mol. The first-order chi connectivity index (χ1) is 6.09. The first-order valence-corrected chi connectivity index (χ1v) is 4.70. The van der Waals surface area contributed by atoms with E-state index in [1.165, 1.54) is 11.4 Å². The number of allylic oxidation sites excluding steroid dienone is 3. The molecule has 0 aliphatic carbocycles. The number of hydrogen-bond donors (Lipinski definition) is 0. The number of rotatable bonds is 2. The van der Waals surface area contributed by atoms with E-state index < -0.39 is 0 Å². The van der Waals surface area contributed by atoms with Gasteiger partial charge in [-0.15, -0.1) is 5.12 Å². The summed E-state index contributed by atoms with van der Waals surface area (Å²) in [5, 5.41) is 6.38. The fourth-order valence-electron chi connectivity index (χ4n) is 1.39. The van der Waals surface area contributed by atoms with Gasteiger partial charge in [0.05, 0.1) is 5.70 Å². The van der Waals surface area contributed by atoms with Crippen LogP contribution in [0.3, 0.4) is 0 Å². The van der Waals surface area contributed by atoms with E-state index in [2.05, 4.69) is 62.3 Å². The fourth-order valence-corrected chi connectivity index (χ4v) is 1.39. The number of hydrazine groups is 2. The number of hydrogen-bond acceptors (Lipinski definition) is 3. The molecule has 0 N–H and O–H groups in total. The third-order valence-electron chi connectivity index (χ3n) is 2.58. The Morgan fingerprint density at radius 2 is 1.77 bits per heavy atom. The lowest BCUT2D eigenvalue weighted by atomic mass is 10.3. The maximum Gasteiger partial charge on any atom is 0.0537 e. The summed E-state index contributed by atoms with van der Waals surface area (Å²) in [5.41, 5.74) is 2.58. The smallest absolute Gasteiger partial charge is 0.0537 e. The largest absolute Gasteiger partial charge is 0.294 e. The van der Waals surface area contributed by atoms with E-state index in [0.29, 0.717) is 0 Å². The van der Waals surface area contributed by atoms with Crippen molar-refractivity contribution >= 4 is 0 Å². The molecule has 0 aromatic carbocycles. The maximum absolute atomic E-state index is 2.16. The minimum Gasteiger partial charge on any atom is -0.294 e. The normalized spacial score (nSPS) is 19.8. The van der Waals surface area contributed by atoms with Crippen LogP contribution >= 0.6 is 0 Å². The second-order valence-corrected chi connectivity index (χ2v) is 3.32. The van der Waals surface area contributed by atoms with Crippen LogP contribution in [0, 0.1) is 0 Å². The Morgan fingerprint density at radius 1 is 1.15 bits per heavy atom. The second kappa shape index (κ2) is 3.83. The lowest BCUT2D eigenvalue weighted by Gasteiger charge is -2.29. The molecule has 1 rings (SSSR count). The SMILES string of the molecule is CC/C=C/N1C(C)=C(C)N(C)N1C. The molecule has 0 unspecified atom stereocenters. The molecule has 3 nitrogen and oxygen atoms in total. The molecule has 3 heteroatoms. The summed E-state index contributed by atoms with van der Waals surface area (Å²) in [4.78, 5) is 0. The summed E-state index contributed by atoms with van der Waals surface area (Å²) in [6.07, 6.45) is 5.34. The van der Waals surface area contributed by atoms with Crippen molar-refractivity contribution in [3.8, 4) is 0 Å². The highest BCUT2D eigenvalue weighted by Crippen LogP contribution is 2.24. The molecule has 0 radical (unpaired) electrons. The van der Waals surface area contributed by atoms with Crippen molar-refractivity contribution < 1.29 is 0 Å². The molecule has 0 saturated carbocycles. The van der Waals surface area contributed by atoms with Crippen LogP contribution in [0.25, 0.3) is 0 Å². The molecule has 0 aromatic heterocycles. The molecule has 74 valence electrons. The molecule has 1 aliphatic rings. The van der Waals surface area contributed by atoms with Gasteiger partial charge in [0, 0.05) is 26.0 Å². The van der Waals surface area contributed by atoms with Crippen molar-refractivity contribution in [2.24, 2.45) is 0 Å². The summed E-state index contributed by atoms with van der Waals surface area (Å²) in [6, 6.07) is 0. The summed E-state index contributed by atoms with van der Waals surface area (Å²) in [7, 11) is 4.12. The topological polar surface area (TPSA) is 9.72 Å². The molecule has 1 aliphatic heterocycles. The molecule has 0 aromatic rings. The Hall–Kier alpha value is -0.960. The van der Waals surface area contributed by atoms with E-state index >= 15 is 0 Å². The summed E-state index contributed by atoms with van der Waals surface area (Å²) < 4.78 is 0. The van der Waals surface area contributed by atoms with Crippen LogP contribution in [-0.2, 0) is 0 Å². The Kier molecular flexibility index (Phi) is 2.98. The standard InChI is InChI=1S/C10H19N3/c1-6-7-8-13-10(3)9(2)11(4)12(13)5/h7-8H,6H2,1-5H3/b8-7+. The zero-order valence-electron chi connectivity index (χ0n) is 9.20. The van der Waals surface area contributed by atoms with Gasteiger partial charge < -0.3 is 0 Å². The Morgan fingerprint density at radius 3 is 2.15 bits per heavy atom. The van der Waals surface area contributed by atoms with Gasteiger partial charge in [-0.3, -0.25) is 10.0 Å². The predicted octanol–water partition coefficient (Wildman–Crippen LogP) is 2.17. The van der Waals surface area contributed by atoms with Gasteiger partial charge in [-0.25, -0.2) is 0 Å². The van der Waals surface area contributed by atoms with Crippen molar-refractivity contribution in [1.29, 1.82) is 0 Å². The van der Waals surface area contributed by atoms with E-state index in [0.717, 1.165) is 6.42 Å². The van der Waals surface area contributed by atoms with Crippen LogP contribution in [0.4, 0.5) is 0 Å². The molecule has 0 amide bonds. The van der Waals surface area contributed by atoms with Crippen molar-refractivity contribution in [3.63, 3.8) is 0 Å². The van der Waals surface area contributed by atoms with Gasteiger partial charge in [0.25, 0.3) is 0 Å². The van der Waals surface area contributed by atoms with Gasteiger partial charge in [0.15, 0.2) is 0 Å². The van der Waals surface area contributed by atoms with Crippen molar-refractivity contribution in [3.05, 3.63) is 23.7 Å². The van der Waals surface area contributed by atoms with Gasteiger partial charge in [0.2, 0.25) is 0 Å². The first-order valence-electron chi connectivity index (χ1n) is 4.70. The van der Waals surface area contributed by atoms with Gasteiger partial charge in [0.1, 0.15) is 0 Å². The van der Waals surface area contributed by atoms with Crippen LogP contribution in [0.15, 0.2) is 23.7 Å². The summed E-state index contributed by atoms with van der Waals surface area (Å²) in [6.45, 7) is 6.41. The third-order valence-corrected chi connectivity index (χ3v) is 2.58. The molecule has 0 bridgehead atoms. The molecule has 13 heavy (non-hydrogen) atoms. The lowest BCUT2D eigenvalue weighted by molar-refractivity contribution is -0.0491.